The zero-order valence-electron chi connectivity index (χ0n) is 11.7. The summed E-state index contributed by atoms with van der Waals surface area (Å²) in [5, 5.41) is 4.17. The molecule has 0 aromatic carbocycles. The Kier molecular flexibility index (Phi) is 4.16. The van der Waals surface area contributed by atoms with Gasteiger partial charge in [-0.1, -0.05) is 6.92 Å². The largest absolute Gasteiger partial charge is 0.369 e. The summed E-state index contributed by atoms with van der Waals surface area (Å²) in [6.45, 7) is 2.88. The fraction of sp³-hybridized carbons (Fsp3) is 0.429. The molecule has 0 bridgehead atoms. The molecule has 5 heteroatoms. The summed E-state index contributed by atoms with van der Waals surface area (Å²) in [7, 11) is 3.97. The summed E-state index contributed by atoms with van der Waals surface area (Å²) < 4.78 is 1.81. The molecule has 1 atom stereocenters. The van der Waals surface area contributed by atoms with E-state index in [0.717, 1.165) is 24.3 Å². The van der Waals surface area contributed by atoms with E-state index in [0.29, 0.717) is 0 Å². The minimum atomic E-state index is 0.0256. The second kappa shape index (κ2) is 5.84. The van der Waals surface area contributed by atoms with Crippen LogP contribution < -0.4 is 10.6 Å². The van der Waals surface area contributed by atoms with Crippen LogP contribution in [0.3, 0.4) is 0 Å². The smallest absolute Gasteiger partial charge is 0.0572 e. The van der Waals surface area contributed by atoms with E-state index in [2.05, 4.69) is 28.0 Å². The monoisotopic (exact) mass is 259 g/mol. The van der Waals surface area contributed by atoms with E-state index in [1.54, 1.807) is 0 Å². The second-order valence-corrected chi connectivity index (χ2v) is 4.83. The highest BCUT2D eigenvalue weighted by molar-refractivity contribution is 5.44. The molecule has 2 rings (SSSR count). The number of anilines is 1. The van der Waals surface area contributed by atoms with Crippen molar-refractivity contribution in [3.05, 3.63) is 42.0 Å². The molecule has 0 fully saturated rings. The second-order valence-electron chi connectivity index (χ2n) is 4.83. The molecule has 2 aromatic heterocycles. The predicted molar refractivity (Wildman–Crippen MR) is 76.8 cm³/mol. The molecule has 0 radical (unpaired) electrons. The Bertz CT molecular complexity index is 517. The van der Waals surface area contributed by atoms with Gasteiger partial charge in [-0.15, -0.1) is 0 Å². The maximum Gasteiger partial charge on any atom is 0.0572 e. The first-order valence-corrected chi connectivity index (χ1v) is 6.50. The van der Waals surface area contributed by atoms with Gasteiger partial charge in [0.05, 0.1) is 23.8 Å². The maximum absolute atomic E-state index is 5.96. The van der Waals surface area contributed by atoms with Gasteiger partial charge in [0.25, 0.3) is 0 Å². The number of aryl methyl sites for hydroxylation is 1. The zero-order valence-corrected chi connectivity index (χ0v) is 11.7. The minimum Gasteiger partial charge on any atom is -0.369 e. The number of pyridine rings is 1. The number of nitrogens with two attached hydrogens (primary N) is 1. The van der Waals surface area contributed by atoms with Gasteiger partial charge in [-0.3, -0.25) is 9.67 Å². The highest BCUT2D eigenvalue weighted by atomic mass is 15.2. The molecule has 0 spiro atoms. The Morgan fingerprint density at radius 2 is 2.16 bits per heavy atom. The molecular formula is C14H21N5. The number of rotatable bonds is 5. The predicted octanol–water partition coefficient (Wildman–Crippen LogP) is 1.86. The average molecular weight is 259 g/mol. The normalized spacial score (nSPS) is 12.4. The fourth-order valence-corrected chi connectivity index (χ4v) is 1.97. The Labute approximate surface area is 114 Å². The highest BCUT2D eigenvalue weighted by Gasteiger charge is 2.07. The van der Waals surface area contributed by atoms with Gasteiger partial charge in [-0.25, -0.2) is 0 Å². The standard InChI is InChI=1S/C14H21N5/c1-4-13(15)14-6-5-12(8-16-14)18(2)9-11-7-17-19(3)10-11/h5-8,10,13H,4,9,15H2,1-3H3/t13-/m0/s1. The van der Waals surface area contributed by atoms with E-state index < -0.39 is 0 Å². The molecule has 0 saturated carbocycles. The van der Waals surface area contributed by atoms with Gasteiger partial charge < -0.3 is 10.6 Å². The molecule has 2 aromatic rings. The summed E-state index contributed by atoms with van der Waals surface area (Å²) in [6, 6.07) is 4.09. The van der Waals surface area contributed by atoms with Crippen molar-refractivity contribution in [2.24, 2.45) is 12.8 Å². The van der Waals surface area contributed by atoms with Crippen molar-refractivity contribution in [3.63, 3.8) is 0 Å². The van der Waals surface area contributed by atoms with Crippen LogP contribution in [0.15, 0.2) is 30.7 Å². The number of hydrogen-bond donors (Lipinski definition) is 1. The van der Waals surface area contributed by atoms with Gasteiger partial charge in [0.2, 0.25) is 0 Å². The van der Waals surface area contributed by atoms with Crippen molar-refractivity contribution < 1.29 is 0 Å². The van der Waals surface area contributed by atoms with E-state index in [1.807, 2.05) is 43.4 Å². The maximum atomic E-state index is 5.96. The summed E-state index contributed by atoms with van der Waals surface area (Å²) in [5.74, 6) is 0. The Balaban J connectivity index is 2.05. The van der Waals surface area contributed by atoms with Gasteiger partial charge in [0.15, 0.2) is 0 Å². The van der Waals surface area contributed by atoms with Crippen LogP contribution in [0, 0.1) is 0 Å². The van der Waals surface area contributed by atoms with Gasteiger partial charge in [0, 0.05) is 38.4 Å². The molecule has 0 unspecified atom stereocenters. The van der Waals surface area contributed by atoms with Crippen LogP contribution in [-0.2, 0) is 13.6 Å². The first-order valence-electron chi connectivity index (χ1n) is 6.50. The van der Waals surface area contributed by atoms with Gasteiger partial charge in [-0.2, -0.15) is 5.10 Å². The molecule has 0 aliphatic rings. The van der Waals surface area contributed by atoms with Crippen molar-refractivity contribution >= 4 is 5.69 Å². The topological polar surface area (TPSA) is 60.0 Å². The molecule has 0 saturated heterocycles. The molecular weight excluding hydrogens is 238 g/mol. The van der Waals surface area contributed by atoms with Crippen LogP contribution in [0.5, 0.6) is 0 Å². The Morgan fingerprint density at radius 1 is 1.37 bits per heavy atom. The van der Waals surface area contributed by atoms with Crippen molar-refractivity contribution in [2.75, 3.05) is 11.9 Å². The van der Waals surface area contributed by atoms with Crippen LogP contribution in [-0.4, -0.2) is 21.8 Å². The lowest BCUT2D eigenvalue weighted by atomic mass is 10.1. The Morgan fingerprint density at radius 3 is 2.68 bits per heavy atom. The van der Waals surface area contributed by atoms with E-state index in [4.69, 9.17) is 5.73 Å². The minimum absolute atomic E-state index is 0.0256. The van der Waals surface area contributed by atoms with Crippen LogP contribution in [0.2, 0.25) is 0 Å². The van der Waals surface area contributed by atoms with E-state index in [1.165, 1.54) is 5.56 Å². The first kappa shape index (κ1) is 13.5. The van der Waals surface area contributed by atoms with Gasteiger partial charge in [0.1, 0.15) is 0 Å². The summed E-state index contributed by atoms with van der Waals surface area (Å²) in [5.41, 5.74) is 9.16. The average Bonchev–Trinajstić information content (AvgIpc) is 2.83. The molecule has 0 amide bonds. The third-order valence-corrected chi connectivity index (χ3v) is 3.21. The van der Waals surface area contributed by atoms with Crippen molar-refractivity contribution in [1.82, 2.24) is 14.8 Å². The molecule has 2 heterocycles. The third kappa shape index (κ3) is 3.32. The summed E-state index contributed by atoms with van der Waals surface area (Å²) in [4.78, 5) is 6.57. The van der Waals surface area contributed by atoms with E-state index in [9.17, 15) is 0 Å². The zero-order chi connectivity index (χ0) is 13.8. The fourth-order valence-electron chi connectivity index (χ4n) is 1.97. The highest BCUT2D eigenvalue weighted by Crippen LogP contribution is 2.17. The molecule has 5 nitrogen and oxygen atoms in total. The van der Waals surface area contributed by atoms with Crippen LogP contribution in [0.25, 0.3) is 0 Å². The quantitative estimate of drug-likeness (QED) is 0.890. The lowest BCUT2D eigenvalue weighted by Gasteiger charge is -2.18. The molecule has 2 N–H and O–H groups in total. The number of aromatic nitrogens is 3. The lowest BCUT2D eigenvalue weighted by molar-refractivity contribution is 0.675. The third-order valence-electron chi connectivity index (χ3n) is 3.21. The summed E-state index contributed by atoms with van der Waals surface area (Å²) >= 11 is 0. The van der Waals surface area contributed by atoms with E-state index in [-0.39, 0.29) is 6.04 Å². The van der Waals surface area contributed by atoms with Crippen LogP contribution in [0.1, 0.15) is 30.6 Å². The van der Waals surface area contributed by atoms with Crippen LogP contribution in [0.4, 0.5) is 5.69 Å². The number of nitrogens with zero attached hydrogens (tertiary/aromatic N) is 4. The van der Waals surface area contributed by atoms with Crippen molar-refractivity contribution in [1.29, 1.82) is 0 Å². The Hall–Kier alpha value is -1.88. The molecule has 102 valence electrons. The van der Waals surface area contributed by atoms with Gasteiger partial charge in [-0.05, 0) is 18.6 Å². The number of hydrogen-bond acceptors (Lipinski definition) is 4. The van der Waals surface area contributed by atoms with E-state index >= 15 is 0 Å². The molecule has 0 aliphatic carbocycles. The van der Waals surface area contributed by atoms with Crippen molar-refractivity contribution in [3.8, 4) is 0 Å². The first-order chi connectivity index (χ1) is 9.10. The SMILES string of the molecule is CC[C@H](N)c1ccc(N(C)Cc2cnn(C)c2)cn1. The lowest BCUT2D eigenvalue weighted by Crippen LogP contribution is -2.17. The van der Waals surface area contributed by atoms with Crippen molar-refractivity contribution in [2.45, 2.75) is 25.9 Å². The molecule has 0 aliphatic heterocycles. The molecule has 19 heavy (non-hydrogen) atoms. The summed E-state index contributed by atoms with van der Waals surface area (Å²) in [6.07, 6.45) is 6.68. The van der Waals surface area contributed by atoms with Gasteiger partial charge >= 0.3 is 0 Å². The van der Waals surface area contributed by atoms with Crippen LogP contribution >= 0.6 is 0 Å².